The van der Waals surface area contributed by atoms with E-state index in [2.05, 4.69) is 54.6 Å². The van der Waals surface area contributed by atoms with Gasteiger partial charge in [0.15, 0.2) is 0 Å². The first-order valence-electron chi connectivity index (χ1n) is 7.97. The van der Waals surface area contributed by atoms with Gasteiger partial charge in [-0.1, -0.05) is 0 Å². The van der Waals surface area contributed by atoms with Gasteiger partial charge in [0.25, 0.3) is 0 Å². The number of rotatable bonds is 5. The molecule has 0 aliphatic heterocycles. The summed E-state index contributed by atoms with van der Waals surface area (Å²) in [5, 5.41) is 8.97. The third-order valence-corrected chi connectivity index (χ3v) is 8.04. The molecule has 4 rings (SSSR count). The van der Waals surface area contributed by atoms with Crippen LogP contribution < -0.4 is 28.1 Å². The van der Waals surface area contributed by atoms with Gasteiger partial charge in [0.05, 0.1) is 0 Å². The third kappa shape index (κ3) is 4.11. The second kappa shape index (κ2) is 9.19. The van der Waals surface area contributed by atoms with Gasteiger partial charge in [-0.25, -0.2) is 0 Å². The standard InChI is InChI=1S/C13H9.C7H9O2.2ClH.Zr/c1-3-7-12-10(5-1)9-11-6-2-4-8-13(11)12;8-5-6-9-7-3-1-2-4-7;;;/h1-5,7-8H,9H2;1,3,8H,2,5-6H2;2*1H;/q;;;;+2/p-2. The van der Waals surface area contributed by atoms with Gasteiger partial charge in [-0.15, -0.1) is 0 Å². The summed E-state index contributed by atoms with van der Waals surface area (Å²) >= 11 is -0.863. The Morgan fingerprint density at radius 3 is 2.64 bits per heavy atom. The van der Waals surface area contributed by atoms with Crippen LogP contribution in [0.25, 0.3) is 11.1 Å². The molecule has 25 heavy (non-hydrogen) atoms. The normalized spacial score (nSPS) is 13.5. The first-order valence-corrected chi connectivity index (χ1v) is 10.4. The van der Waals surface area contributed by atoms with Crippen molar-refractivity contribution in [1.82, 2.24) is 0 Å². The fourth-order valence-corrected chi connectivity index (χ4v) is 6.71. The maximum atomic E-state index is 8.97. The molecular weight excluding hydrogens is 434 g/mol. The second-order valence-corrected chi connectivity index (χ2v) is 9.23. The van der Waals surface area contributed by atoms with Crippen LogP contribution in [0.3, 0.4) is 0 Å². The predicted octanol–water partition coefficient (Wildman–Crippen LogP) is -2.85. The minimum atomic E-state index is -0.863. The van der Waals surface area contributed by atoms with Gasteiger partial charge >= 0.3 is 148 Å². The zero-order chi connectivity index (χ0) is 15.6. The molecule has 0 spiro atoms. The van der Waals surface area contributed by atoms with Crippen LogP contribution in [0.15, 0.2) is 63.7 Å². The van der Waals surface area contributed by atoms with Gasteiger partial charge in [0.2, 0.25) is 0 Å². The molecule has 0 saturated heterocycles. The molecule has 2 nitrogen and oxygen atoms in total. The Balaban J connectivity index is 0.00000113. The van der Waals surface area contributed by atoms with Crippen LogP contribution in [0.2, 0.25) is 0 Å². The molecule has 2 aromatic carbocycles. The molecule has 0 saturated carbocycles. The SMILES string of the molecule is OCCOC1=[C]([Zr+2][c]2cccc3c2Cc2ccccc2-3)CC=C1.[Cl-].[Cl-]. The van der Waals surface area contributed by atoms with Crippen molar-refractivity contribution >= 4 is 3.27 Å². The molecule has 0 heterocycles. The number of aliphatic hydroxyl groups is 1. The average Bonchev–Trinajstić information content (AvgIpc) is 3.18. The maximum Gasteiger partial charge on any atom is -1.00 e. The molecule has 2 aromatic rings. The van der Waals surface area contributed by atoms with Crippen molar-refractivity contribution in [1.29, 1.82) is 0 Å². The van der Waals surface area contributed by atoms with Crippen LogP contribution in [0.4, 0.5) is 0 Å². The van der Waals surface area contributed by atoms with E-state index in [1.807, 2.05) is 0 Å². The minimum absolute atomic E-state index is 0. The van der Waals surface area contributed by atoms with E-state index in [0.29, 0.717) is 6.61 Å². The smallest absolute Gasteiger partial charge is 1.00 e. The monoisotopic (exact) mass is 450 g/mol. The van der Waals surface area contributed by atoms with Crippen molar-refractivity contribution in [2.24, 2.45) is 0 Å². The number of ether oxygens (including phenoxy) is 1. The molecule has 2 aliphatic carbocycles. The molecule has 0 aromatic heterocycles. The van der Waals surface area contributed by atoms with Gasteiger partial charge < -0.3 is 24.8 Å². The second-order valence-electron chi connectivity index (χ2n) is 5.81. The Morgan fingerprint density at radius 2 is 1.80 bits per heavy atom. The zero-order valence-corrected chi connectivity index (χ0v) is 17.6. The Kier molecular flexibility index (Phi) is 7.52. The van der Waals surface area contributed by atoms with Crippen molar-refractivity contribution in [3.8, 4) is 11.1 Å². The minimum Gasteiger partial charge on any atom is -1.00 e. The predicted molar refractivity (Wildman–Crippen MR) is 88.1 cm³/mol. The van der Waals surface area contributed by atoms with Crippen molar-refractivity contribution in [3.05, 3.63) is 74.8 Å². The third-order valence-electron chi connectivity index (χ3n) is 4.37. The number of halogens is 2. The van der Waals surface area contributed by atoms with Crippen LogP contribution in [0.5, 0.6) is 0 Å². The fraction of sp³-hybridized carbons (Fsp3) is 0.200. The van der Waals surface area contributed by atoms with E-state index >= 15 is 0 Å². The zero-order valence-electron chi connectivity index (χ0n) is 13.6. The van der Waals surface area contributed by atoms with Crippen LogP contribution in [-0.2, 0) is 34.4 Å². The van der Waals surface area contributed by atoms with Gasteiger partial charge in [-0.3, -0.25) is 0 Å². The quantitative estimate of drug-likeness (QED) is 0.452. The summed E-state index contributed by atoms with van der Waals surface area (Å²) in [5.41, 5.74) is 5.80. The molecule has 0 atom stereocenters. The Bertz CT molecular complexity index is 815. The van der Waals surface area contributed by atoms with Crippen molar-refractivity contribution in [2.75, 3.05) is 13.2 Å². The maximum absolute atomic E-state index is 8.97. The molecule has 2 aliphatic rings. The van der Waals surface area contributed by atoms with Crippen molar-refractivity contribution in [2.45, 2.75) is 12.8 Å². The topological polar surface area (TPSA) is 29.5 Å². The molecule has 0 radical (unpaired) electrons. The summed E-state index contributed by atoms with van der Waals surface area (Å²) in [6.45, 7) is 0.465. The van der Waals surface area contributed by atoms with E-state index in [1.54, 1.807) is 3.27 Å². The summed E-state index contributed by atoms with van der Waals surface area (Å²) in [7, 11) is 0. The summed E-state index contributed by atoms with van der Waals surface area (Å²) in [6.07, 6.45) is 6.34. The van der Waals surface area contributed by atoms with Crippen LogP contribution in [0.1, 0.15) is 17.5 Å². The van der Waals surface area contributed by atoms with Crippen LogP contribution >= 0.6 is 0 Å². The fourth-order valence-electron chi connectivity index (χ4n) is 3.33. The first-order chi connectivity index (χ1) is 11.4. The molecule has 0 fully saturated rings. The van der Waals surface area contributed by atoms with Gasteiger partial charge in [-0.05, 0) is 0 Å². The van der Waals surface area contributed by atoms with E-state index in [4.69, 9.17) is 9.84 Å². The number of aliphatic hydroxyl groups excluding tert-OH is 1. The summed E-state index contributed by atoms with van der Waals surface area (Å²) < 4.78 is 8.74. The first kappa shape index (κ1) is 20.5. The van der Waals surface area contributed by atoms with Gasteiger partial charge in [-0.2, -0.15) is 0 Å². The van der Waals surface area contributed by atoms with E-state index < -0.39 is 23.2 Å². The Hall–Kier alpha value is -0.857. The van der Waals surface area contributed by atoms with E-state index in [9.17, 15) is 0 Å². The number of allylic oxidation sites excluding steroid dienone is 3. The van der Waals surface area contributed by atoms with E-state index in [1.165, 1.54) is 25.5 Å². The summed E-state index contributed by atoms with van der Waals surface area (Å²) in [5.74, 6) is 1.01. The van der Waals surface area contributed by atoms with Gasteiger partial charge in [0, 0.05) is 0 Å². The Morgan fingerprint density at radius 1 is 1.00 bits per heavy atom. The Labute approximate surface area is 172 Å². The summed E-state index contributed by atoms with van der Waals surface area (Å²) in [4.78, 5) is 0. The molecular formula is C20H18Cl2O2Zr. The number of hydrogen-bond acceptors (Lipinski definition) is 2. The molecule has 0 unspecified atom stereocenters. The summed E-state index contributed by atoms with van der Waals surface area (Å²) in [6, 6.07) is 15.5. The van der Waals surface area contributed by atoms with Gasteiger partial charge in [0.1, 0.15) is 0 Å². The molecule has 0 amide bonds. The molecule has 128 valence electrons. The molecule has 1 N–H and O–H groups in total. The number of benzene rings is 2. The number of fused-ring (bicyclic) bond motifs is 3. The molecule has 5 heteroatoms. The largest absolute Gasteiger partial charge is 1.00 e. The van der Waals surface area contributed by atoms with Crippen molar-refractivity contribution < 1.29 is 57.9 Å². The van der Waals surface area contributed by atoms with E-state index in [0.717, 1.165) is 18.6 Å². The average molecular weight is 452 g/mol. The van der Waals surface area contributed by atoms with Crippen LogP contribution in [-0.4, -0.2) is 18.3 Å². The number of hydrogen-bond donors (Lipinski definition) is 1. The van der Waals surface area contributed by atoms with Crippen LogP contribution in [0, 0.1) is 0 Å². The van der Waals surface area contributed by atoms with Crippen molar-refractivity contribution in [3.63, 3.8) is 0 Å². The molecule has 0 bridgehead atoms. The van der Waals surface area contributed by atoms with E-state index in [-0.39, 0.29) is 31.4 Å².